The molecule has 0 radical (unpaired) electrons. The standard InChI is InChI=1S/C21H25N5O11/c1-11(27)33-10-16-19(35-12(2)28)20(36-13(3)29)18(24-17(30)8-23-25-22)21(37-16)34-9-14-6-4-5-7-15(14)26(31)32/h4-7,16,18-21H,8-10H2,1-3H3,(H,24,30)/t16-,18+,19-,20-,21?/m1/s1. The molecule has 1 amide bonds. The molecule has 16 heteroatoms. The van der Waals surface area contributed by atoms with Gasteiger partial charge in [0.1, 0.15) is 25.3 Å². The number of nitrogens with one attached hydrogen (secondary N) is 1. The minimum Gasteiger partial charge on any atom is -0.463 e. The molecule has 0 saturated carbocycles. The van der Waals surface area contributed by atoms with Crippen LogP contribution in [0.4, 0.5) is 5.69 Å². The second-order valence-electron chi connectivity index (χ2n) is 7.67. The number of nitro groups is 1. The van der Waals surface area contributed by atoms with Gasteiger partial charge in [0.15, 0.2) is 18.5 Å². The summed E-state index contributed by atoms with van der Waals surface area (Å²) in [7, 11) is 0. The quantitative estimate of drug-likeness (QED) is 0.0821. The van der Waals surface area contributed by atoms with E-state index in [1.54, 1.807) is 6.07 Å². The van der Waals surface area contributed by atoms with E-state index in [1.807, 2.05) is 0 Å². The number of ether oxygens (including phenoxy) is 5. The fraction of sp³-hybridized carbons (Fsp3) is 0.524. The first-order valence-corrected chi connectivity index (χ1v) is 10.8. The third-order valence-electron chi connectivity index (χ3n) is 4.90. The number of carbonyl (C=O) groups excluding carboxylic acids is 4. The molecule has 0 aliphatic carbocycles. The molecule has 1 saturated heterocycles. The summed E-state index contributed by atoms with van der Waals surface area (Å²) in [6.45, 7) is 1.83. The Balaban J connectivity index is 2.46. The van der Waals surface area contributed by atoms with Crippen molar-refractivity contribution in [3.05, 3.63) is 50.4 Å². The van der Waals surface area contributed by atoms with E-state index in [-0.39, 0.29) is 17.9 Å². The van der Waals surface area contributed by atoms with Crippen molar-refractivity contribution >= 4 is 29.5 Å². The van der Waals surface area contributed by atoms with Gasteiger partial charge in [0, 0.05) is 31.7 Å². The van der Waals surface area contributed by atoms with E-state index in [0.29, 0.717) is 0 Å². The number of amides is 1. The van der Waals surface area contributed by atoms with Crippen molar-refractivity contribution in [2.75, 3.05) is 13.2 Å². The Bertz CT molecular complexity index is 1070. The van der Waals surface area contributed by atoms with Gasteiger partial charge in [0.05, 0.1) is 17.1 Å². The Hall–Kier alpha value is -4.27. The van der Waals surface area contributed by atoms with E-state index in [2.05, 4.69) is 15.3 Å². The van der Waals surface area contributed by atoms with E-state index < -0.39 is 72.5 Å². The molecular weight excluding hydrogens is 498 g/mol. The van der Waals surface area contributed by atoms with Gasteiger partial charge in [-0.1, -0.05) is 17.2 Å². The molecule has 0 spiro atoms. The SMILES string of the molecule is CC(=O)OC[C@H]1OC(OCc2ccccc2[N+](=O)[O-])[C@@H](NC(=O)CN=[N+]=[N-])[C@@H](OC(C)=O)[C@@H]1OC(C)=O. The maximum Gasteiger partial charge on any atom is 0.303 e. The van der Waals surface area contributed by atoms with Gasteiger partial charge >= 0.3 is 17.9 Å². The molecule has 0 aromatic heterocycles. The average molecular weight is 523 g/mol. The molecule has 5 atom stereocenters. The minimum absolute atomic E-state index is 0.165. The molecule has 1 N–H and O–H groups in total. The van der Waals surface area contributed by atoms with Crippen LogP contribution < -0.4 is 5.32 Å². The molecule has 0 bridgehead atoms. The van der Waals surface area contributed by atoms with Crippen molar-refractivity contribution in [1.29, 1.82) is 0 Å². The number of rotatable bonds is 11. The first-order valence-electron chi connectivity index (χ1n) is 10.8. The predicted octanol–water partition coefficient (Wildman–Crippen LogP) is 1.06. The van der Waals surface area contributed by atoms with Crippen LogP contribution in [0.15, 0.2) is 29.4 Å². The van der Waals surface area contributed by atoms with Crippen LogP contribution in [0.2, 0.25) is 0 Å². The van der Waals surface area contributed by atoms with E-state index in [0.717, 1.165) is 20.8 Å². The normalized spacial score (nSPS) is 22.6. The van der Waals surface area contributed by atoms with Crippen LogP contribution in [0.1, 0.15) is 26.3 Å². The van der Waals surface area contributed by atoms with Crippen LogP contribution in [-0.4, -0.2) is 72.5 Å². The molecule has 1 heterocycles. The van der Waals surface area contributed by atoms with Gasteiger partial charge in [-0.2, -0.15) is 0 Å². The summed E-state index contributed by atoms with van der Waals surface area (Å²) in [6, 6.07) is 4.38. The van der Waals surface area contributed by atoms with Crippen LogP contribution in [0.3, 0.4) is 0 Å². The molecule has 1 aromatic rings. The minimum atomic E-state index is -1.45. The van der Waals surface area contributed by atoms with Crippen molar-refractivity contribution in [1.82, 2.24) is 5.32 Å². The molecule has 200 valence electrons. The summed E-state index contributed by atoms with van der Waals surface area (Å²) in [4.78, 5) is 60.8. The summed E-state index contributed by atoms with van der Waals surface area (Å²) in [6.07, 6.45) is -5.46. The van der Waals surface area contributed by atoms with Gasteiger partial charge < -0.3 is 29.0 Å². The van der Waals surface area contributed by atoms with Gasteiger partial charge in [0.2, 0.25) is 5.91 Å². The summed E-state index contributed by atoms with van der Waals surface area (Å²) < 4.78 is 27.3. The third kappa shape index (κ3) is 8.71. The number of nitrogens with zero attached hydrogens (tertiary/aromatic N) is 4. The monoisotopic (exact) mass is 523 g/mol. The highest BCUT2D eigenvalue weighted by atomic mass is 16.7. The van der Waals surface area contributed by atoms with Gasteiger partial charge in [-0.15, -0.1) is 0 Å². The number of hydrogen-bond donors (Lipinski definition) is 1. The maximum atomic E-state index is 12.4. The molecule has 37 heavy (non-hydrogen) atoms. The number of nitro benzene ring substituents is 1. The zero-order chi connectivity index (χ0) is 27.5. The smallest absolute Gasteiger partial charge is 0.303 e. The molecule has 2 rings (SSSR count). The second-order valence-corrected chi connectivity index (χ2v) is 7.67. The van der Waals surface area contributed by atoms with Crippen molar-refractivity contribution in [2.45, 2.75) is 58.0 Å². The molecule has 1 unspecified atom stereocenters. The van der Waals surface area contributed by atoms with Crippen molar-refractivity contribution in [3.8, 4) is 0 Å². The van der Waals surface area contributed by atoms with Gasteiger partial charge in [-0.05, 0) is 11.6 Å². The summed E-state index contributed by atoms with van der Waals surface area (Å²) in [5.74, 6) is -3.11. The van der Waals surface area contributed by atoms with Crippen LogP contribution in [0.5, 0.6) is 0 Å². The summed E-state index contributed by atoms with van der Waals surface area (Å²) in [5.41, 5.74) is 8.43. The van der Waals surface area contributed by atoms with Crippen molar-refractivity contribution in [3.63, 3.8) is 0 Å². The van der Waals surface area contributed by atoms with E-state index in [9.17, 15) is 29.3 Å². The highest BCUT2D eigenvalue weighted by Gasteiger charge is 2.51. The number of azide groups is 1. The van der Waals surface area contributed by atoms with Gasteiger partial charge in [0.25, 0.3) is 5.69 Å². The lowest BCUT2D eigenvalue weighted by atomic mass is 9.96. The van der Waals surface area contributed by atoms with Crippen LogP contribution in [0.25, 0.3) is 10.4 Å². The summed E-state index contributed by atoms with van der Waals surface area (Å²) >= 11 is 0. The maximum absolute atomic E-state index is 12.4. The first-order chi connectivity index (χ1) is 17.5. The molecular formula is C21H25N5O11. The van der Waals surface area contributed by atoms with Gasteiger partial charge in [-0.25, -0.2) is 0 Å². The second kappa shape index (κ2) is 13.7. The summed E-state index contributed by atoms with van der Waals surface area (Å²) in [5, 5.41) is 17.0. The van der Waals surface area contributed by atoms with Gasteiger partial charge in [-0.3, -0.25) is 29.3 Å². The Morgan fingerprint density at radius 3 is 2.35 bits per heavy atom. The first kappa shape index (κ1) is 29.0. The number of esters is 3. The van der Waals surface area contributed by atoms with E-state index >= 15 is 0 Å². The number of para-hydroxylation sites is 1. The Labute approximate surface area is 209 Å². The highest BCUT2D eigenvalue weighted by Crippen LogP contribution is 2.29. The lowest BCUT2D eigenvalue weighted by Gasteiger charge is -2.45. The average Bonchev–Trinajstić information content (AvgIpc) is 2.82. The lowest BCUT2D eigenvalue weighted by Crippen LogP contribution is -2.66. The molecule has 1 aromatic carbocycles. The van der Waals surface area contributed by atoms with Crippen LogP contribution in [-0.2, 0) is 49.5 Å². The molecule has 1 fully saturated rings. The van der Waals surface area contributed by atoms with Crippen LogP contribution >= 0.6 is 0 Å². The molecule has 16 nitrogen and oxygen atoms in total. The van der Waals surface area contributed by atoms with E-state index in [1.165, 1.54) is 18.2 Å². The zero-order valence-electron chi connectivity index (χ0n) is 20.1. The molecule has 1 aliphatic heterocycles. The predicted molar refractivity (Wildman–Crippen MR) is 120 cm³/mol. The number of carbonyl (C=O) groups is 4. The zero-order valence-corrected chi connectivity index (χ0v) is 20.1. The number of hydrogen-bond acceptors (Lipinski definition) is 12. The Morgan fingerprint density at radius 1 is 1.11 bits per heavy atom. The largest absolute Gasteiger partial charge is 0.463 e. The Morgan fingerprint density at radius 2 is 1.76 bits per heavy atom. The lowest BCUT2D eigenvalue weighted by molar-refractivity contribution is -0.386. The van der Waals surface area contributed by atoms with E-state index in [4.69, 9.17) is 29.2 Å². The van der Waals surface area contributed by atoms with Crippen molar-refractivity contribution in [2.24, 2.45) is 5.11 Å². The number of benzene rings is 1. The fourth-order valence-corrected chi connectivity index (χ4v) is 3.51. The molecule has 1 aliphatic rings. The van der Waals surface area contributed by atoms with Crippen LogP contribution in [0, 0.1) is 10.1 Å². The topological polar surface area (TPSA) is 218 Å². The fourth-order valence-electron chi connectivity index (χ4n) is 3.51. The van der Waals surface area contributed by atoms with Crippen molar-refractivity contribution < 1.29 is 47.8 Å². The third-order valence-corrected chi connectivity index (χ3v) is 4.90. The highest BCUT2D eigenvalue weighted by molar-refractivity contribution is 5.78. The Kier molecular flexibility index (Phi) is 10.7.